The second-order valence-corrected chi connectivity index (χ2v) is 5.89. The SMILES string of the molecule is CN(C)CCNC(=O)c1cc(C(=O)Nc2cccc(Cl)c2)ccn1. The molecule has 0 aliphatic rings. The molecule has 0 radical (unpaired) electrons. The van der Waals surface area contributed by atoms with Crippen molar-refractivity contribution in [2.75, 3.05) is 32.5 Å². The topological polar surface area (TPSA) is 74.3 Å². The van der Waals surface area contributed by atoms with Crippen molar-refractivity contribution in [2.24, 2.45) is 0 Å². The van der Waals surface area contributed by atoms with Gasteiger partial charge in [-0.05, 0) is 44.4 Å². The Balaban J connectivity index is 2.03. The summed E-state index contributed by atoms with van der Waals surface area (Å²) in [6.07, 6.45) is 1.44. The van der Waals surface area contributed by atoms with E-state index in [9.17, 15) is 9.59 Å². The molecule has 0 aliphatic carbocycles. The summed E-state index contributed by atoms with van der Waals surface area (Å²) in [7, 11) is 3.84. The number of benzene rings is 1. The first kappa shape index (κ1) is 17.9. The maximum absolute atomic E-state index is 12.3. The molecule has 2 rings (SSSR count). The normalized spacial score (nSPS) is 10.5. The van der Waals surface area contributed by atoms with Crippen LogP contribution in [-0.4, -0.2) is 48.9 Å². The first-order valence-electron chi connectivity index (χ1n) is 7.41. The summed E-state index contributed by atoms with van der Waals surface area (Å²) in [5.74, 6) is -0.642. The summed E-state index contributed by atoms with van der Waals surface area (Å²) in [5.41, 5.74) is 1.14. The fourth-order valence-electron chi connectivity index (χ4n) is 1.95. The summed E-state index contributed by atoms with van der Waals surface area (Å²) in [6.45, 7) is 1.23. The molecule has 2 N–H and O–H groups in total. The van der Waals surface area contributed by atoms with Crippen LogP contribution in [0.4, 0.5) is 5.69 Å². The molecule has 0 aliphatic heterocycles. The van der Waals surface area contributed by atoms with Gasteiger partial charge in [0.15, 0.2) is 0 Å². The van der Waals surface area contributed by atoms with Gasteiger partial charge in [0.05, 0.1) is 0 Å². The van der Waals surface area contributed by atoms with Crippen LogP contribution in [0.25, 0.3) is 0 Å². The smallest absolute Gasteiger partial charge is 0.269 e. The Morgan fingerprint density at radius 2 is 1.96 bits per heavy atom. The molecule has 0 bridgehead atoms. The van der Waals surface area contributed by atoms with Crippen LogP contribution in [0.5, 0.6) is 0 Å². The highest BCUT2D eigenvalue weighted by molar-refractivity contribution is 6.31. The molecule has 0 saturated carbocycles. The van der Waals surface area contributed by atoms with Gasteiger partial charge in [0, 0.05) is 35.6 Å². The predicted molar refractivity (Wildman–Crippen MR) is 94.5 cm³/mol. The van der Waals surface area contributed by atoms with Gasteiger partial charge in [0.2, 0.25) is 0 Å². The summed E-state index contributed by atoms with van der Waals surface area (Å²) >= 11 is 5.89. The predicted octanol–water partition coefficient (Wildman–Crippen LogP) is 2.28. The Bertz CT molecular complexity index is 734. The van der Waals surface area contributed by atoms with Gasteiger partial charge in [-0.2, -0.15) is 0 Å². The van der Waals surface area contributed by atoms with Gasteiger partial charge in [0.1, 0.15) is 5.69 Å². The second kappa shape index (κ2) is 8.42. The third kappa shape index (κ3) is 5.33. The first-order valence-corrected chi connectivity index (χ1v) is 7.79. The van der Waals surface area contributed by atoms with E-state index in [1.807, 2.05) is 19.0 Å². The highest BCUT2D eigenvalue weighted by Crippen LogP contribution is 2.16. The zero-order valence-electron chi connectivity index (χ0n) is 13.5. The summed E-state index contributed by atoms with van der Waals surface area (Å²) < 4.78 is 0. The van der Waals surface area contributed by atoms with Gasteiger partial charge >= 0.3 is 0 Å². The standard InChI is InChI=1S/C17H19ClN4O2/c1-22(2)9-8-20-17(24)15-10-12(6-7-19-15)16(23)21-14-5-3-4-13(18)11-14/h3-7,10-11H,8-9H2,1-2H3,(H,20,24)(H,21,23). The molecule has 0 atom stereocenters. The molecule has 1 aromatic carbocycles. The van der Waals surface area contributed by atoms with Crippen molar-refractivity contribution in [3.05, 3.63) is 58.9 Å². The highest BCUT2D eigenvalue weighted by atomic mass is 35.5. The number of pyridine rings is 1. The van der Waals surface area contributed by atoms with E-state index in [1.54, 1.807) is 30.3 Å². The van der Waals surface area contributed by atoms with Crippen molar-refractivity contribution in [2.45, 2.75) is 0 Å². The van der Waals surface area contributed by atoms with Crippen LogP contribution in [0.2, 0.25) is 5.02 Å². The molecular weight excluding hydrogens is 328 g/mol. The summed E-state index contributed by atoms with van der Waals surface area (Å²) in [5, 5.41) is 6.03. The average Bonchev–Trinajstić information content (AvgIpc) is 2.54. The van der Waals surface area contributed by atoms with Crippen LogP contribution in [0.1, 0.15) is 20.8 Å². The second-order valence-electron chi connectivity index (χ2n) is 5.45. The van der Waals surface area contributed by atoms with E-state index in [4.69, 9.17) is 11.6 Å². The van der Waals surface area contributed by atoms with Gasteiger partial charge in [-0.1, -0.05) is 17.7 Å². The van der Waals surface area contributed by atoms with Crippen molar-refractivity contribution < 1.29 is 9.59 Å². The third-order valence-corrected chi connectivity index (χ3v) is 3.42. The molecule has 126 valence electrons. The lowest BCUT2D eigenvalue weighted by molar-refractivity contribution is 0.0946. The molecule has 1 heterocycles. The molecule has 0 saturated heterocycles. The molecule has 2 amide bonds. The molecule has 6 nitrogen and oxygen atoms in total. The van der Waals surface area contributed by atoms with Gasteiger partial charge in [0.25, 0.3) is 11.8 Å². The van der Waals surface area contributed by atoms with Gasteiger partial charge in [-0.3, -0.25) is 14.6 Å². The van der Waals surface area contributed by atoms with E-state index in [0.717, 1.165) is 6.54 Å². The van der Waals surface area contributed by atoms with Crippen molar-refractivity contribution >= 4 is 29.1 Å². The van der Waals surface area contributed by atoms with E-state index in [0.29, 0.717) is 22.8 Å². The van der Waals surface area contributed by atoms with E-state index < -0.39 is 0 Å². The minimum absolute atomic E-state index is 0.201. The maximum Gasteiger partial charge on any atom is 0.269 e. The number of nitrogens with one attached hydrogen (secondary N) is 2. The molecular formula is C17H19ClN4O2. The number of hydrogen-bond donors (Lipinski definition) is 2. The van der Waals surface area contributed by atoms with Crippen molar-refractivity contribution in [1.82, 2.24) is 15.2 Å². The van der Waals surface area contributed by atoms with Crippen LogP contribution < -0.4 is 10.6 Å². The molecule has 0 fully saturated rings. The van der Waals surface area contributed by atoms with Crippen LogP contribution in [0, 0.1) is 0 Å². The number of carbonyl (C=O) groups is 2. The highest BCUT2D eigenvalue weighted by Gasteiger charge is 2.12. The number of nitrogens with zero attached hydrogens (tertiary/aromatic N) is 2. The van der Waals surface area contributed by atoms with Crippen LogP contribution in [-0.2, 0) is 0 Å². The third-order valence-electron chi connectivity index (χ3n) is 3.18. The number of carbonyl (C=O) groups excluding carboxylic acids is 2. The minimum atomic E-state index is -0.331. The van der Waals surface area contributed by atoms with E-state index in [-0.39, 0.29) is 17.5 Å². The zero-order valence-corrected chi connectivity index (χ0v) is 14.3. The molecule has 7 heteroatoms. The van der Waals surface area contributed by atoms with Crippen molar-refractivity contribution in [3.63, 3.8) is 0 Å². The number of rotatable bonds is 6. The van der Waals surface area contributed by atoms with Crippen LogP contribution in [0.3, 0.4) is 0 Å². The minimum Gasteiger partial charge on any atom is -0.349 e. The molecule has 0 spiro atoms. The number of anilines is 1. The monoisotopic (exact) mass is 346 g/mol. The fourth-order valence-corrected chi connectivity index (χ4v) is 2.14. The van der Waals surface area contributed by atoms with Crippen molar-refractivity contribution in [1.29, 1.82) is 0 Å². The Hall–Kier alpha value is -2.44. The number of hydrogen-bond acceptors (Lipinski definition) is 4. The number of likely N-dealkylation sites (N-methyl/N-ethyl adjacent to an activating group) is 1. The Kier molecular flexibility index (Phi) is 6.28. The van der Waals surface area contributed by atoms with Gasteiger partial charge in [-0.15, -0.1) is 0 Å². The Morgan fingerprint density at radius 1 is 1.17 bits per heavy atom. The van der Waals surface area contributed by atoms with Crippen LogP contribution in [0.15, 0.2) is 42.6 Å². The summed E-state index contributed by atoms with van der Waals surface area (Å²) in [6, 6.07) is 9.87. The fraction of sp³-hybridized carbons (Fsp3) is 0.235. The lowest BCUT2D eigenvalue weighted by Crippen LogP contribution is -2.32. The van der Waals surface area contributed by atoms with Gasteiger partial charge in [-0.25, -0.2) is 0 Å². The number of amides is 2. The Labute approximate surface area is 145 Å². The van der Waals surface area contributed by atoms with E-state index >= 15 is 0 Å². The van der Waals surface area contributed by atoms with E-state index in [1.165, 1.54) is 12.3 Å². The number of aromatic nitrogens is 1. The zero-order chi connectivity index (χ0) is 17.5. The largest absolute Gasteiger partial charge is 0.349 e. The lowest BCUT2D eigenvalue weighted by Gasteiger charge is -2.10. The molecule has 2 aromatic rings. The lowest BCUT2D eigenvalue weighted by atomic mass is 10.2. The van der Waals surface area contributed by atoms with Gasteiger partial charge < -0.3 is 15.5 Å². The number of halogens is 1. The molecule has 0 unspecified atom stereocenters. The maximum atomic E-state index is 12.3. The average molecular weight is 347 g/mol. The summed E-state index contributed by atoms with van der Waals surface area (Å²) in [4.78, 5) is 30.3. The Morgan fingerprint density at radius 3 is 2.67 bits per heavy atom. The van der Waals surface area contributed by atoms with Crippen LogP contribution >= 0.6 is 11.6 Å². The molecule has 1 aromatic heterocycles. The first-order chi connectivity index (χ1) is 11.5. The molecule has 24 heavy (non-hydrogen) atoms. The quantitative estimate of drug-likeness (QED) is 0.841. The van der Waals surface area contributed by atoms with E-state index in [2.05, 4.69) is 15.6 Å². The van der Waals surface area contributed by atoms with Crippen molar-refractivity contribution in [3.8, 4) is 0 Å².